The Labute approximate surface area is 67.1 Å². The Morgan fingerprint density at radius 3 is 2.60 bits per heavy atom. The second kappa shape index (κ2) is 4.21. The maximum absolute atomic E-state index is 5.55. The van der Waals surface area contributed by atoms with E-state index in [0.717, 1.165) is 6.54 Å². The maximum atomic E-state index is 5.55. The molecule has 2 N–H and O–H groups in total. The van der Waals surface area contributed by atoms with Crippen LogP contribution in [0.1, 0.15) is 6.92 Å². The fraction of sp³-hybridized carbons (Fsp3) is 1.00. The summed E-state index contributed by atoms with van der Waals surface area (Å²) in [5.41, 5.74) is 5.55. The van der Waals surface area contributed by atoms with E-state index in [1.165, 1.54) is 24.6 Å². The summed E-state index contributed by atoms with van der Waals surface area (Å²) in [5, 5.41) is 0. The summed E-state index contributed by atoms with van der Waals surface area (Å²) in [7, 11) is 0. The number of nitrogens with zero attached hydrogens (tertiary/aromatic N) is 1. The number of hydrogen-bond acceptors (Lipinski definition) is 3. The lowest BCUT2D eigenvalue weighted by Crippen LogP contribution is -2.43. The zero-order chi connectivity index (χ0) is 7.40. The van der Waals surface area contributed by atoms with Crippen LogP contribution in [0.25, 0.3) is 0 Å². The van der Waals surface area contributed by atoms with Crippen molar-refractivity contribution in [2.45, 2.75) is 13.0 Å². The first-order valence-electron chi connectivity index (χ1n) is 3.86. The van der Waals surface area contributed by atoms with Gasteiger partial charge in [-0.25, -0.2) is 0 Å². The molecule has 10 heavy (non-hydrogen) atoms. The lowest BCUT2D eigenvalue weighted by atomic mass is 10.3. The molecule has 1 saturated heterocycles. The lowest BCUT2D eigenvalue weighted by Gasteiger charge is -2.31. The molecule has 1 rings (SSSR count). The first kappa shape index (κ1) is 8.37. The van der Waals surface area contributed by atoms with Gasteiger partial charge in [-0.3, -0.25) is 4.90 Å². The largest absolute Gasteiger partial charge is 0.329 e. The molecule has 1 fully saturated rings. The van der Waals surface area contributed by atoms with E-state index in [1.54, 1.807) is 0 Å². The summed E-state index contributed by atoms with van der Waals surface area (Å²) in [6, 6.07) is 0.584. The van der Waals surface area contributed by atoms with Crippen LogP contribution >= 0.6 is 11.8 Å². The molecule has 3 heteroatoms. The van der Waals surface area contributed by atoms with E-state index in [4.69, 9.17) is 5.73 Å². The summed E-state index contributed by atoms with van der Waals surface area (Å²) in [4.78, 5) is 2.47. The van der Waals surface area contributed by atoms with E-state index in [0.29, 0.717) is 6.04 Å². The maximum Gasteiger partial charge on any atom is 0.0190 e. The second-order valence-electron chi connectivity index (χ2n) is 2.73. The normalized spacial score (nSPS) is 24.6. The van der Waals surface area contributed by atoms with Crippen molar-refractivity contribution in [3.05, 3.63) is 0 Å². The van der Waals surface area contributed by atoms with E-state index in [1.807, 2.05) is 11.8 Å². The third-order valence-corrected chi connectivity index (χ3v) is 2.95. The highest BCUT2D eigenvalue weighted by Gasteiger charge is 2.14. The van der Waals surface area contributed by atoms with Crippen LogP contribution in [0, 0.1) is 0 Å². The Hall–Kier alpha value is 0.270. The molecular weight excluding hydrogens is 144 g/mol. The predicted octanol–water partition coefficient (Wildman–Crippen LogP) is 0.382. The number of hydrogen-bond donors (Lipinski definition) is 1. The molecule has 60 valence electrons. The fourth-order valence-electron chi connectivity index (χ4n) is 1.17. The van der Waals surface area contributed by atoms with Crippen LogP contribution in [-0.2, 0) is 0 Å². The van der Waals surface area contributed by atoms with Gasteiger partial charge in [-0.2, -0.15) is 11.8 Å². The molecule has 1 atom stereocenters. The summed E-state index contributed by atoms with van der Waals surface area (Å²) < 4.78 is 0. The van der Waals surface area contributed by atoms with Crippen LogP contribution in [0.5, 0.6) is 0 Å². The Kier molecular flexibility index (Phi) is 3.52. The molecule has 0 radical (unpaired) electrons. The van der Waals surface area contributed by atoms with Crippen molar-refractivity contribution in [2.75, 3.05) is 31.1 Å². The molecule has 0 amide bonds. The van der Waals surface area contributed by atoms with Crippen molar-refractivity contribution in [1.29, 1.82) is 0 Å². The first-order valence-corrected chi connectivity index (χ1v) is 5.02. The molecule has 0 aromatic rings. The van der Waals surface area contributed by atoms with Crippen LogP contribution in [0.2, 0.25) is 0 Å². The third kappa shape index (κ3) is 2.15. The van der Waals surface area contributed by atoms with Gasteiger partial charge in [-0.15, -0.1) is 0 Å². The van der Waals surface area contributed by atoms with Gasteiger partial charge in [-0.1, -0.05) is 0 Å². The van der Waals surface area contributed by atoms with Crippen molar-refractivity contribution >= 4 is 11.8 Å². The average molecular weight is 160 g/mol. The fourth-order valence-corrected chi connectivity index (χ4v) is 2.10. The molecular formula is C7H16N2S. The van der Waals surface area contributed by atoms with Crippen molar-refractivity contribution in [2.24, 2.45) is 5.73 Å². The van der Waals surface area contributed by atoms with Gasteiger partial charge >= 0.3 is 0 Å². The summed E-state index contributed by atoms with van der Waals surface area (Å²) in [5.74, 6) is 2.56. The van der Waals surface area contributed by atoms with Crippen molar-refractivity contribution in [3.8, 4) is 0 Å². The molecule has 0 bridgehead atoms. The first-order chi connectivity index (χ1) is 4.84. The molecule has 1 unspecified atom stereocenters. The highest BCUT2D eigenvalue weighted by molar-refractivity contribution is 7.99. The Morgan fingerprint density at radius 2 is 2.10 bits per heavy atom. The number of nitrogens with two attached hydrogens (primary N) is 1. The Bertz CT molecular complexity index is 91.6. The minimum Gasteiger partial charge on any atom is -0.329 e. The number of rotatable bonds is 2. The lowest BCUT2D eigenvalue weighted by molar-refractivity contribution is 0.235. The molecule has 0 spiro atoms. The van der Waals surface area contributed by atoms with Gasteiger partial charge in [0.1, 0.15) is 0 Å². The molecule has 1 aliphatic heterocycles. The van der Waals surface area contributed by atoms with Crippen LogP contribution in [-0.4, -0.2) is 42.1 Å². The SMILES string of the molecule is CC(CN)N1CCSCC1. The zero-order valence-corrected chi connectivity index (χ0v) is 7.36. The Morgan fingerprint density at radius 1 is 1.50 bits per heavy atom. The Balaban J connectivity index is 2.24. The van der Waals surface area contributed by atoms with Gasteiger partial charge in [0, 0.05) is 37.2 Å². The minimum atomic E-state index is 0.584. The van der Waals surface area contributed by atoms with Crippen molar-refractivity contribution in [3.63, 3.8) is 0 Å². The molecule has 1 heterocycles. The van der Waals surface area contributed by atoms with E-state index in [-0.39, 0.29) is 0 Å². The molecule has 2 nitrogen and oxygen atoms in total. The highest BCUT2D eigenvalue weighted by Crippen LogP contribution is 2.10. The van der Waals surface area contributed by atoms with E-state index < -0.39 is 0 Å². The van der Waals surface area contributed by atoms with Gasteiger partial charge in [-0.05, 0) is 6.92 Å². The van der Waals surface area contributed by atoms with Gasteiger partial charge in [0.2, 0.25) is 0 Å². The smallest absolute Gasteiger partial charge is 0.0190 e. The van der Waals surface area contributed by atoms with E-state index in [9.17, 15) is 0 Å². The topological polar surface area (TPSA) is 29.3 Å². The van der Waals surface area contributed by atoms with Crippen LogP contribution in [0.4, 0.5) is 0 Å². The van der Waals surface area contributed by atoms with Crippen molar-refractivity contribution < 1.29 is 0 Å². The summed E-state index contributed by atoms with van der Waals surface area (Å²) in [6.45, 7) is 5.45. The van der Waals surface area contributed by atoms with Gasteiger partial charge < -0.3 is 5.73 Å². The minimum absolute atomic E-state index is 0.584. The molecule has 0 saturated carbocycles. The molecule has 1 aliphatic rings. The summed E-state index contributed by atoms with van der Waals surface area (Å²) in [6.07, 6.45) is 0. The third-order valence-electron chi connectivity index (χ3n) is 2.01. The molecule has 0 aromatic heterocycles. The van der Waals surface area contributed by atoms with Gasteiger partial charge in [0.15, 0.2) is 0 Å². The van der Waals surface area contributed by atoms with Gasteiger partial charge in [0.25, 0.3) is 0 Å². The molecule has 0 aliphatic carbocycles. The second-order valence-corrected chi connectivity index (χ2v) is 3.96. The van der Waals surface area contributed by atoms with Crippen LogP contribution in [0.15, 0.2) is 0 Å². The summed E-state index contributed by atoms with van der Waals surface area (Å²) >= 11 is 2.04. The average Bonchev–Trinajstić information content (AvgIpc) is 2.05. The monoisotopic (exact) mass is 160 g/mol. The van der Waals surface area contributed by atoms with E-state index >= 15 is 0 Å². The predicted molar refractivity (Wildman–Crippen MR) is 47.4 cm³/mol. The standard InChI is InChI=1S/C7H16N2S/c1-7(6-8)9-2-4-10-5-3-9/h7H,2-6,8H2,1H3. The van der Waals surface area contributed by atoms with E-state index in [2.05, 4.69) is 11.8 Å². The molecule has 0 aromatic carbocycles. The highest BCUT2D eigenvalue weighted by atomic mass is 32.2. The van der Waals surface area contributed by atoms with Crippen LogP contribution in [0.3, 0.4) is 0 Å². The van der Waals surface area contributed by atoms with Crippen LogP contribution < -0.4 is 5.73 Å². The quantitative estimate of drug-likeness (QED) is 0.633. The zero-order valence-electron chi connectivity index (χ0n) is 6.55. The number of thioether (sulfide) groups is 1. The van der Waals surface area contributed by atoms with Crippen molar-refractivity contribution in [1.82, 2.24) is 4.90 Å². The van der Waals surface area contributed by atoms with Gasteiger partial charge in [0.05, 0.1) is 0 Å².